The van der Waals surface area contributed by atoms with Gasteiger partial charge in [0.25, 0.3) is 0 Å². The van der Waals surface area contributed by atoms with Crippen molar-refractivity contribution >= 4 is 0 Å². The molecule has 1 N–H and O–H groups in total. The van der Waals surface area contributed by atoms with Crippen molar-refractivity contribution in [3.8, 4) is 0 Å². The van der Waals surface area contributed by atoms with Crippen LogP contribution >= 0.6 is 0 Å². The quantitative estimate of drug-likeness (QED) is 0.660. The van der Waals surface area contributed by atoms with Crippen LogP contribution in [0.15, 0.2) is 0 Å². The predicted octanol–water partition coefficient (Wildman–Crippen LogP) is 1.47. The van der Waals surface area contributed by atoms with Crippen molar-refractivity contribution in [2.24, 2.45) is 5.92 Å². The lowest BCUT2D eigenvalue weighted by molar-refractivity contribution is 0.157. The van der Waals surface area contributed by atoms with Crippen LogP contribution in [-0.4, -0.2) is 36.6 Å². The van der Waals surface area contributed by atoms with Crippen molar-refractivity contribution < 1.29 is 0 Å². The highest BCUT2D eigenvalue weighted by molar-refractivity contribution is 4.88. The monoisotopic (exact) mass is 182 g/mol. The topological polar surface area (TPSA) is 15.3 Å². The summed E-state index contributed by atoms with van der Waals surface area (Å²) >= 11 is 0. The maximum Gasteiger partial charge on any atom is 0.0224 e. The van der Waals surface area contributed by atoms with Crippen LogP contribution < -0.4 is 5.32 Å². The van der Waals surface area contributed by atoms with Crippen LogP contribution in [0.25, 0.3) is 0 Å². The number of nitrogens with zero attached hydrogens (tertiary/aromatic N) is 1. The summed E-state index contributed by atoms with van der Waals surface area (Å²) in [5.74, 6) is 0.914. The fraction of sp³-hybridized carbons (Fsp3) is 1.00. The van der Waals surface area contributed by atoms with Crippen LogP contribution in [0.3, 0.4) is 0 Å². The van der Waals surface area contributed by atoms with Crippen LogP contribution in [0.5, 0.6) is 0 Å². The largest absolute Gasteiger partial charge is 0.315 e. The zero-order chi connectivity index (χ0) is 9.26. The SMILES string of the molecule is CC1CC(C)N(C2CCCNC2)C1. The Bertz CT molecular complexity index is 163. The van der Waals surface area contributed by atoms with Gasteiger partial charge in [0.1, 0.15) is 0 Å². The second kappa shape index (κ2) is 3.97. The number of nitrogens with one attached hydrogen (secondary N) is 1. The molecule has 0 aromatic rings. The number of likely N-dealkylation sites (tertiary alicyclic amines) is 1. The van der Waals surface area contributed by atoms with Gasteiger partial charge in [-0.05, 0) is 38.6 Å². The van der Waals surface area contributed by atoms with E-state index in [1.807, 2.05) is 0 Å². The average Bonchev–Trinajstić information content (AvgIpc) is 2.47. The van der Waals surface area contributed by atoms with Gasteiger partial charge in [-0.25, -0.2) is 0 Å². The summed E-state index contributed by atoms with van der Waals surface area (Å²) in [5, 5.41) is 3.51. The fourth-order valence-electron chi connectivity index (χ4n) is 2.96. The highest BCUT2D eigenvalue weighted by atomic mass is 15.2. The van der Waals surface area contributed by atoms with Gasteiger partial charge in [-0.2, -0.15) is 0 Å². The Kier molecular flexibility index (Phi) is 2.89. The summed E-state index contributed by atoms with van der Waals surface area (Å²) in [5.41, 5.74) is 0. The molecule has 0 bridgehead atoms. The van der Waals surface area contributed by atoms with E-state index in [1.165, 1.54) is 38.9 Å². The van der Waals surface area contributed by atoms with Crippen molar-refractivity contribution in [3.05, 3.63) is 0 Å². The van der Waals surface area contributed by atoms with E-state index < -0.39 is 0 Å². The van der Waals surface area contributed by atoms with Crippen molar-refractivity contribution in [2.45, 2.75) is 45.2 Å². The summed E-state index contributed by atoms with van der Waals surface area (Å²) < 4.78 is 0. The van der Waals surface area contributed by atoms with E-state index in [2.05, 4.69) is 24.1 Å². The molecule has 2 fully saturated rings. The first-order chi connectivity index (χ1) is 6.27. The van der Waals surface area contributed by atoms with Crippen molar-refractivity contribution in [2.75, 3.05) is 19.6 Å². The Morgan fingerprint density at radius 3 is 2.69 bits per heavy atom. The molecule has 2 rings (SSSR count). The van der Waals surface area contributed by atoms with Crippen molar-refractivity contribution in [1.82, 2.24) is 10.2 Å². The number of rotatable bonds is 1. The van der Waals surface area contributed by atoms with E-state index in [9.17, 15) is 0 Å². The molecule has 76 valence electrons. The van der Waals surface area contributed by atoms with Crippen molar-refractivity contribution in [1.29, 1.82) is 0 Å². The van der Waals surface area contributed by atoms with Gasteiger partial charge < -0.3 is 5.32 Å². The molecule has 0 radical (unpaired) electrons. The van der Waals surface area contributed by atoms with Gasteiger partial charge in [-0.15, -0.1) is 0 Å². The second-order valence-corrected chi connectivity index (χ2v) is 4.89. The van der Waals surface area contributed by atoms with Crippen molar-refractivity contribution in [3.63, 3.8) is 0 Å². The molecule has 2 heteroatoms. The lowest BCUT2D eigenvalue weighted by atomic mass is 10.1. The van der Waals surface area contributed by atoms with Gasteiger partial charge in [0, 0.05) is 25.2 Å². The summed E-state index contributed by atoms with van der Waals surface area (Å²) in [4.78, 5) is 2.72. The Morgan fingerprint density at radius 1 is 1.31 bits per heavy atom. The number of piperidine rings is 1. The minimum Gasteiger partial charge on any atom is -0.315 e. The Balaban J connectivity index is 1.91. The molecule has 0 aliphatic carbocycles. The lowest BCUT2D eigenvalue weighted by Gasteiger charge is -2.34. The maximum atomic E-state index is 3.51. The molecule has 2 heterocycles. The second-order valence-electron chi connectivity index (χ2n) is 4.89. The Hall–Kier alpha value is -0.0800. The molecule has 0 spiro atoms. The third kappa shape index (κ3) is 2.05. The zero-order valence-electron chi connectivity index (χ0n) is 8.92. The molecular weight excluding hydrogens is 160 g/mol. The normalized spacial score (nSPS) is 42.5. The molecule has 0 aromatic heterocycles. The maximum absolute atomic E-state index is 3.51. The first-order valence-corrected chi connectivity index (χ1v) is 5.74. The highest BCUT2D eigenvalue weighted by Gasteiger charge is 2.31. The van der Waals surface area contributed by atoms with E-state index in [4.69, 9.17) is 0 Å². The van der Waals surface area contributed by atoms with E-state index in [0.717, 1.165) is 18.0 Å². The van der Waals surface area contributed by atoms with Gasteiger partial charge in [0.2, 0.25) is 0 Å². The molecule has 0 amide bonds. The van der Waals surface area contributed by atoms with Gasteiger partial charge >= 0.3 is 0 Å². The van der Waals surface area contributed by atoms with Gasteiger partial charge in [0.05, 0.1) is 0 Å². The summed E-state index contributed by atoms with van der Waals surface area (Å²) in [6.07, 6.45) is 4.17. The lowest BCUT2D eigenvalue weighted by Crippen LogP contribution is -2.47. The van der Waals surface area contributed by atoms with Crippen LogP contribution in [0.2, 0.25) is 0 Å². The molecule has 0 aromatic carbocycles. The molecule has 3 atom stereocenters. The molecule has 3 unspecified atom stereocenters. The number of hydrogen-bond donors (Lipinski definition) is 1. The smallest absolute Gasteiger partial charge is 0.0224 e. The van der Waals surface area contributed by atoms with E-state index in [1.54, 1.807) is 0 Å². The molecule has 2 aliphatic rings. The molecule has 13 heavy (non-hydrogen) atoms. The minimum absolute atomic E-state index is 0.819. The highest BCUT2D eigenvalue weighted by Crippen LogP contribution is 2.26. The van der Waals surface area contributed by atoms with E-state index in [0.29, 0.717) is 0 Å². The molecular formula is C11H22N2. The standard InChI is InChI=1S/C11H22N2/c1-9-6-10(2)13(8-9)11-4-3-5-12-7-11/h9-12H,3-8H2,1-2H3. The number of hydrogen-bond acceptors (Lipinski definition) is 2. The first-order valence-electron chi connectivity index (χ1n) is 5.74. The van der Waals surface area contributed by atoms with Gasteiger partial charge in [-0.1, -0.05) is 6.92 Å². The zero-order valence-corrected chi connectivity index (χ0v) is 8.92. The average molecular weight is 182 g/mol. The molecule has 2 aliphatic heterocycles. The fourth-order valence-corrected chi connectivity index (χ4v) is 2.96. The third-order valence-corrected chi connectivity index (χ3v) is 3.57. The Morgan fingerprint density at radius 2 is 2.15 bits per heavy atom. The first kappa shape index (κ1) is 9.47. The molecule has 0 saturated carbocycles. The van der Waals surface area contributed by atoms with Crippen LogP contribution in [0.4, 0.5) is 0 Å². The van der Waals surface area contributed by atoms with Crippen LogP contribution in [0, 0.1) is 5.92 Å². The Labute approximate surface area is 81.7 Å². The summed E-state index contributed by atoms with van der Waals surface area (Å²) in [6.45, 7) is 8.55. The van der Waals surface area contributed by atoms with Crippen LogP contribution in [-0.2, 0) is 0 Å². The van der Waals surface area contributed by atoms with E-state index in [-0.39, 0.29) is 0 Å². The summed E-state index contributed by atoms with van der Waals surface area (Å²) in [7, 11) is 0. The molecule has 2 saturated heterocycles. The van der Waals surface area contributed by atoms with Gasteiger partial charge in [0.15, 0.2) is 0 Å². The predicted molar refractivity (Wildman–Crippen MR) is 55.8 cm³/mol. The minimum atomic E-state index is 0.819. The third-order valence-electron chi connectivity index (χ3n) is 3.57. The van der Waals surface area contributed by atoms with Gasteiger partial charge in [-0.3, -0.25) is 4.90 Å². The molecule has 2 nitrogen and oxygen atoms in total. The van der Waals surface area contributed by atoms with E-state index >= 15 is 0 Å². The van der Waals surface area contributed by atoms with Crippen LogP contribution in [0.1, 0.15) is 33.1 Å². The summed E-state index contributed by atoms with van der Waals surface area (Å²) in [6, 6.07) is 1.65.